The maximum absolute atomic E-state index is 13.6. The zero-order valence-corrected chi connectivity index (χ0v) is 10.5. The Bertz CT molecular complexity index is 821. The van der Waals surface area contributed by atoms with Crippen LogP contribution in [0.4, 0.5) is 4.39 Å². The number of fused-ring (bicyclic) bond motifs is 1. The number of para-hydroxylation sites is 1. The summed E-state index contributed by atoms with van der Waals surface area (Å²) in [6.07, 6.45) is 0. The number of nitrogens with zero attached hydrogens (tertiary/aromatic N) is 1. The summed E-state index contributed by atoms with van der Waals surface area (Å²) >= 11 is 0. The molecule has 0 aliphatic carbocycles. The van der Waals surface area contributed by atoms with Crippen molar-refractivity contribution < 1.29 is 9.13 Å². The Labute approximate surface area is 115 Å². The van der Waals surface area contributed by atoms with Crippen LogP contribution in [-0.2, 0) is 0 Å². The smallest absolute Gasteiger partial charge is 0.165 e. The molecule has 0 aliphatic heterocycles. The van der Waals surface area contributed by atoms with Crippen LogP contribution in [0, 0.1) is 17.1 Å². The van der Waals surface area contributed by atoms with Crippen molar-refractivity contribution in [2.45, 2.75) is 0 Å². The summed E-state index contributed by atoms with van der Waals surface area (Å²) in [4.78, 5) is 0. The van der Waals surface area contributed by atoms with Gasteiger partial charge in [0.05, 0.1) is 11.6 Å². The zero-order chi connectivity index (χ0) is 13.9. The Balaban J connectivity index is 2.14. The molecule has 0 saturated heterocycles. The second-order valence-corrected chi connectivity index (χ2v) is 4.30. The molecule has 0 heterocycles. The van der Waals surface area contributed by atoms with Gasteiger partial charge in [-0.05, 0) is 24.3 Å². The quantitative estimate of drug-likeness (QED) is 0.674. The first-order chi connectivity index (χ1) is 9.79. The second-order valence-electron chi connectivity index (χ2n) is 4.30. The van der Waals surface area contributed by atoms with Crippen molar-refractivity contribution in [1.29, 1.82) is 5.26 Å². The van der Waals surface area contributed by atoms with E-state index in [2.05, 4.69) is 6.07 Å². The maximum atomic E-state index is 13.6. The fourth-order valence-electron chi connectivity index (χ4n) is 2.10. The van der Waals surface area contributed by atoms with Gasteiger partial charge in [0.1, 0.15) is 5.75 Å². The van der Waals surface area contributed by atoms with Crippen LogP contribution in [0.5, 0.6) is 11.5 Å². The van der Waals surface area contributed by atoms with Gasteiger partial charge in [-0.1, -0.05) is 36.4 Å². The summed E-state index contributed by atoms with van der Waals surface area (Å²) in [7, 11) is 0. The number of rotatable bonds is 2. The summed E-state index contributed by atoms with van der Waals surface area (Å²) in [5.41, 5.74) is 0.571. The third kappa shape index (κ3) is 2.08. The molecule has 0 saturated carbocycles. The third-order valence-corrected chi connectivity index (χ3v) is 3.06. The number of ether oxygens (including phenoxy) is 1. The van der Waals surface area contributed by atoms with E-state index in [-0.39, 0.29) is 5.75 Å². The third-order valence-electron chi connectivity index (χ3n) is 3.06. The monoisotopic (exact) mass is 263 g/mol. The van der Waals surface area contributed by atoms with E-state index in [9.17, 15) is 4.39 Å². The van der Waals surface area contributed by atoms with Crippen molar-refractivity contribution in [3.8, 4) is 17.6 Å². The highest BCUT2D eigenvalue weighted by molar-refractivity contribution is 5.92. The summed E-state index contributed by atoms with van der Waals surface area (Å²) in [6.45, 7) is 0. The minimum atomic E-state index is -0.416. The number of hydrogen-bond donors (Lipinski definition) is 0. The largest absolute Gasteiger partial charge is 0.454 e. The average molecular weight is 263 g/mol. The van der Waals surface area contributed by atoms with Crippen LogP contribution in [-0.4, -0.2) is 0 Å². The fraction of sp³-hybridized carbons (Fsp3) is 0. The van der Waals surface area contributed by atoms with E-state index in [0.717, 1.165) is 10.8 Å². The number of benzene rings is 3. The predicted octanol–water partition coefficient (Wildman–Crippen LogP) is 4.64. The first kappa shape index (κ1) is 12.2. The van der Waals surface area contributed by atoms with Crippen molar-refractivity contribution in [1.82, 2.24) is 0 Å². The fourth-order valence-corrected chi connectivity index (χ4v) is 2.10. The van der Waals surface area contributed by atoms with Crippen molar-refractivity contribution in [2.24, 2.45) is 0 Å². The van der Waals surface area contributed by atoms with Crippen LogP contribution in [0.2, 0.25) is 0 Å². The Morgan fingerprint density at radius 3 is 2.25 bits per heavy atom. The molecule has 3 rings (SSSR count). The molecular weight excluding hydrogens is 253 g/mol. The highest BCUT2D eigenvalue weighted by atomic mass is 19.1. The van der Waals surface area contributed by atoms with Crippen molar-refractivity contribution in [3.05, 3.63) is 72.0 Å². The van der Waals surface area contributed by atoms with E-state index in [1.165, 1.54) is 6.07 Å². The SMILES string of the molecule is N#Cc1ccc(Oc2ccccc2F)c2ccccc12. The molecular formula is C17H10FNO. The van der Waals surface area contributed by atoms with Gasteiger partial charge in [-0.25, -0.2) is 4.39 Å². The van der Waals surface area contributed by atoms with Crippen LogP contribution >= 0.6 is 0 Å². The van der Waals surface area contributed by atoms with Gasteiger partial charge in [-0.3, -0.25) is 0 Å². The Hall–Kier alpha value is -2.86. The molecule has 0 unspecified atom stereocenters. The standard InChI is InChI=1S/C17H10FNO/c18-15-7-3-4-8-17(15)20-16-10-9-12(11-19)13-5-1-2-6-14(13)16/h1-10H. The van der Waals surface area contributed by atoms with Gasteiger partial charge >= 0.3 is 0 Å². The summed E-state index contributed by atoms with van der Waals surface area (Å²) in [5.74, 6) is 0.285. The summed E-state index contributed by atoms with van der Waals surface area (Å²) in [6, 6.07) is 19.2. The van der Waals surface area contributed by atoms with Crippen LogP contribution in [0.15, 0.2) is 60.7 Å². The van der Waals surface area contributed by atoms with Gasteiger partial charge in [-0.15, -0.1) is 0 Å². The molecule has 0 radical (unpaired) electrons. The van der Waals surface area contributed by atoms with Crippen LogP contribution < -0.4 is 4.74 Å². The minimum Gasteiger partial charge on any atom is -0.454 e. The zero-order valence-electron chi connectivity index (χ0n) is 10.5. The minimum absolute atomic E-state index is 0.169. The number of halogens is 1. The molecule has 96 valence electrons. The van der Waals surface area contributed by atoms with Gasteiger partial charge in [0.15, 0.2) is 11.6 Å². The lowest BCUT2D eigenvalue weighted by Crippen LogP contribution is -1.90. The van der Waals surface area contributed by atoms with Gasteiger partial charge in [-0.2, -0.15) is 5.26 Å². The molecule has 3 aromatic carbocycles. The number of nitriles is 1. The molecule has 0 aliphatic rings. The summed E-state index contributed by atoms with van der Waals surface area (Å²) < 4.78 is 19.3. The Kier molecular flexibility index (Phi) is 3.06. The first-order valence-corrected chi connectivity index (χ1v) is 6.14. The molecule has 0 bridgehead atoms. The van der Waals surface area contributed by atoms with Crippen molar-refractivity contribution in [3.63, 3.8) is 0 Å². The van der Waals surface area contributed by atoms with Gasteiger partial charge in [0.2, 0.25) is 0 Å². The van der Waals surface area contributed by atoms with E-state index >= 15 is 0 Å². The molecule has 3 aromatic rings. The average Bonchev–Trinajstić information content (AvgIpc) is 2.50. The molecule has 0 aromatic heterocycles. The molecule has 0 atom stereocenters. The first-order valence-electron chi connectivity index (χ1n) is 6.14. The lowest BCUT2D eigenvalue weighted by atomic mass is 10.0. The second kappa shape index (κ2) is 5.02. The van der Waals surface area contributed by atoms with Crippen molar-refractivity contribution >= 4 is 10.8 Å². The highest BCUT2D eigenvalue weighted by Gasteiger charge is 2.09. The Morgan fingerprint density at radius 1 is 0.800 bits per heavy atom. The molecule has 0 N–H and O–H groups in total. The molecule has 0 spiro atoms. The molecule has 20 heavy (non-hydrogen) atoms. The van der Waals surface area contributed by atoms with E-state index in [0.29, 0.717) is 11.3 Å². The lowest BCUT2D eigenvalue weighted by molar-refractivity contribution is 0.446. The lowest BCUT2D eigenvalue weighted by Gasteiger charge is -2.10. The van der Waals surface area contributed by atoms with Gasteiger partial charge in [0, 0.05) is 10.8 Å². The molecule has 0 amide bonds. The van der Waals surface area contributed by atoms with Crippen LogP contribution in [0.3, 0.4) is 0 Å². The molecule has 0 fully saturated rings. The van der Waals surface area contributed by atoms with E-state index in [1.807, 2.05) is 24.3 Å². The van der Waals surface area contributed by atoms with Gasteiger partial charge in [0.25, 0.3) is 0 Å². The molecule has 3 heteroatoms. The van der Waals surface area contributed by atoms with E-state index in [4.69, 9.17) is 10.00 Å². The summed E-state index contributed by atoms with van der Waals surface area (Å²) in [5, 5.41) is 10.7. The van der Waals surface area contributed by atoms with Crippen LogP contribution in [0.25, 0.3) is 10.8 Å². The van der Waals surface area contributed by atoms with Crippen molar-refractivity contribution in [2.75, 3.05) is 0 Å². The maximum Gasteiger partial charge on any atom is 0.165 e. The van der Waals surface area contributed by atoms with Crippen LogP contribution in [0.1, 0.15) is 5.56 Å². The Morgan fingerprint density at radius 2 is 1.50 bits per heavy atom. The topological polar surface area (TPSA) is 33.0 Å². The predicted molar refractivity (Wildman–Crippen MR) is 75.1 cm³/mol. The normalized spacial score (nSPS) is 10.2. The van der Waals surface area contributed by atoms with Gasteiger partial charge < -0.3 is 4.74 Å². The highest BCUT2D eigenvalue weighted by Crippen LogP contribution is 2.32. The van der Waals surface area contributed by atoms with E-state index in [1.54, 1.807) is 30.3 Å². The molecule has 2 nitrogen and oxygen atoms in total. The number of hydrogen-bond acceptors (Lipinski definition) is 2. The van der Waals surface area contributed by atoms with E-state index < -0.39 is 5.82 Å².